The number of nitrogens with zero attached hydrogens (tertiary/aromatic N) is 1. The maximum atomic E-state index is 11.8. The molecule has 0 bridgehead atoms. The van der Waals surface area contributed by atoms with Gasteiger partial charge >= 0.3 is 0 Å². The lowest BCUT2D eigenvalue weighted by atomic mass is 10.0. The van der Waals surface area contributed by atoms with Gasteiger partial charge < -0.3 is 9.04 Å². The van der Waals surface area contributed by atoms with Crippen molar-refractivity contribution in [3.05, 3.63) is 0 Å². The molecular weight excluding hydrogens is 887 g/mol. The van der Waals surface area contributed by atoms with Gasteiger partial charge in [0.05, 0.1) is 36.3 Å². The number of quaternary nitrogens is 1. The Morgan fingerprint density at radius 2 is 0.338 bits per heavy atom. The minimum atomic E-state index is -4.17. The lowest BCUT2D eigenvalue weighted by Gasteiger charge is -2.40. The summed E-state index contributed by atoms with van der Waals surface area (Å²) in [5.74, 6) is -0.190. The molecule has 0 saturated heterocycles. The number of hydrogen-bond donors (Lipinski definition) is 0. The largest absolute Gasteiger partial charge is 0.748 e. The summed E-state index contributed by atoms with van der Waals surface area (Å²) in [6, 6.07) is 0. The third kappa shape index (κ3) is 59.0. The van der Waals surface area contributed by atoms with Crippen molar-refractivity contribution in [3.8, 4) is 0 Å². The van der Waals surface area contributed by atoms with Gasteiger partial charge in [0, 0.05) is 12.2 Å². The van der Waals surface area contributed by atoms with Crippen LogP contribution in [0.2, 0.25) is 0 Å². The monoisotopic (exact) mass is 1020 g/mol. The van der Waals surface area contributed by atoms with Gasteiger partial charge in [-0.05, 0) is 38.5 Å². The fourth-order valence-electron chi connectivity index (χ4n) is 11.8. The van der Waals surface area contributed by atoms with Gasteiger partial charge in [-0.1, -0.05) is 348 Å². The molecule has 71 heavy (non-hydrogen) atoms. The molecule has 0 spiro atoms. The molecule has 0 aliphatic rings. The van der Waals surface area contributed by atoms with Gasteiger partial charge in [-0.25, -0.2) is 8.42 Å². The molecule has 428 valence electrons. The maximum absolute atomic E-state index is 11.8. The molecule has 0 fully saturated rings. The zero-order valence-corrected chi connectivity index (χ0v) is 50.4. The number of rotatable bonds is 64. The van der Waals surface area contributed by atoms with Crippen LogP contribution in [0.25, 0.3) is 0 Å². The Bertz CT molecular complexity index is 976. The smallest absolute Gasteiger partial charge is 0.0948 e. The van der Waals surface area contributed by atoms with Gasteiger partial charge in [0.25, 0.3) is 0 Å². The molecule has 0 N–H and O–H groups in total. The van der Waals surface area contributed by atoms with Crippen LogP contribution in [-0.2, 0) is 10.1 Å². The van der Waals surface area contributed by atoms with Gasteiger partial charge in [-0.15, -0.1) is 0 Å². The summed E-state index contributed by atoms with van der Waals surface area (Å²) in [4.78, 5) is 0. The summed E-state index contributed by atoms with van der Waals surface area (Å²) in [6.07, 6.45) is 80.6. The third-order valence-electron chi connectivity index (χ3n) is 16.7. The highest BCUT2D eigenvalue weighted by Crippen LogP contribution is 2.22. The Morgan fingerprint density at radius 1 is 0.211 bits per heavy atom. The molecule has 0 aromatic heterocycles. The van der Waals surface area contributed by atoms with Gasteiger partial charge in [0.1, 0.15) is 0 Å². The molecule has 0 aliphatic heterocycles. The zero-order valence-electron chi connectivity index (χ0n) is 49.6. The second-order valence-electron chi connectivity index (χ2n) is 23.9. The third-order valence-corrected chi connectivity index (χ3v) is 17.5. The van der Waals surface area contributed by atoms with Crippen LogP contribution < -0.4 is 0 Å². The van der Waals surface area contributed by atoms with E-state index in [4.69, 9.17) is 0 Å². The van der Waals surface area contributed by atoms with Crippen LogP contribution in [0.5, 0.6) is 0 Å². The average Bonchev–Trinajstić information content (AvgIpc) is 3.35. The summed E-state index contributed by atoms with van der Waals surface area (Å²) < 4.78 is 36.4. The van der Waals surface area contributed by atoms with Crippen LogP contribution in [0.3, 0.4) is 0 Å². The molecule has 0 aliphatic carbocycles. The van der Waals surface area contributed by atoms with E-state index in [1.54, 1.807) is 0 Å². The topological polar surface area (TPSA) is 57.2 Å². The molecule has 5 heteroatoms. The van der Waals surface area contributed by atoms with Crippen molar-refractivity contribution in [2.75, 3.05) is 31.9 Å². The molecule has 0 saturated carbocycles. The normalized spacial score (nSPS) is 12.2. The molecule has 0 unspecified atom stereocenters. The fraction of sp³-hybridized carbons (Fsp3) is 1.00. The fourth-order valence-corrected chi connectivity index (χ4v) is 12.3. The summed E-state index contributed by atoms with van der Waals surface area (Å²) >= 11 is 0. The summed E-state index contributed by atoms with van der Waals surface area (Å²) in [5, 5.41) is 0. The van der Waals surface area contributed by atoms with Gasteiger partial charge in [0.15, 0.2) is 0 Å². The van der Waals surface area contributed by atoms with Gasteiger partial charge in [0.2, 0.25) is 0 Å². The lowest BCUT2D eigenvalue weighted by molar-refractivity contribution is -0.928. The predicted octanol–water partition coefficient (Wildman–Crippen LogP) is 23.0. The minimum absolute atomic E-state index is 0.190. The highest BCUT2D eigenvalue weighted by Gasteiger charge is 2.26. The first-order valence-corrected chi connectivity index (χ1v) is 35.3. The van der Waals surface area contributed by atoms with Crippen LogP contribution >= 0.6 is 0 Å². The average molecular weight is 1020 g/mol. The van der Waals surface area contributed by atoms with Crippen molar-refractivity contribution >= 4 is 10.1 Å². The van der Waals surface area contributed by atoms with Crippen LogP contribution in [0, 0.1) is 0 Å². The standard InChI is InChI=1S/C66H135NO3S/c1-4-7-10-13-16-19-22-25-28-31-34-37-40-43-46-49-52-55-58-62-67(65-61-66-71(68,69)70,63-59-56-53-50-47-44-41-38-35-32-29-26-23-20-17-14-11-8-5-2)64-60-57-54-51-48-45-42-39-36-33-30-27-24-21-18-15-12-9-6-3/h4-66H2,1-3H3. The molecule has 0 radical (unpaired) electrons. The highest BCUT2D eigenvalue weighted by molar-refractivity contribution is 7.85. The lowest BCUT2D eigenvalue weighted by Crippen LogP contribution is -2.51. The van der Waals surface area contributed by atoms with E-state index >= 15 is 0 Å². The van der Waals surface area contributed by atoms with E-state index in [1.807, 2.05) is 0 Å². The maximum Gasteiger partial charge on any atom is 0.0948 e. The summed E-state index contributed by atoms with van der Waals surface area (Å²) in [7, 11) is -4.17. The number of unbranched alkanes of at least 4 members (excludes halogenated alkanes) is 54. The molecule has 0 atom stereocenters. The molecule has 0 amide bonds. The molecule has 0 aromatic carbocycles. The Labute approximate surface area is 450 Å². The quantitative estimate of drug-likeness (QED) is 0.0346. The van der Waals surface area contributed by atoms with Crippen LogP contribution in [0.1, 0.15) is 393 Å². The van der Waals surface area contributed by atoms with Crippen molar-refractivity contribution in [1.82, 2.24) is 0 Å². The molecule has 4 nitrogen and oxygen atoms in total. The number of hydrogen-bond acceptors (Lipinski definition) is 3. The Hall–Kier alpha value is -0.130. The van der Waals surface area contributed by atoms with E-state index in [0.29, 0.717) is 6.42 Å². The summed E-state index contributed by atoms with van der Waals surface area (Å²) in [6.45, 7) is 11.3. The minimum Gasteiger partial charge on any atom is -0.748 e. The van der Waals surface area contributed by atoms with Crippen LogP contribution in [0.15, 0.2) is 0 Å². The van der Waals surface area contributed by atoms with Crippen molar-refractivity contribution in [2.24, 2.45) is 0 Å². The molecule has 0 aromatic rings. The Morgan fingerprint density at radius 3 is 0.479 bits per heavy atom. The molecule has 0 rings (SSSR count). The van der Waals surface area contributed by atoms with Crippen LogP contribution in [0.4, 0.5) is 0 Å². The first kappa shape index (κ1) is 70.9. The van der Waals surface area contributed by atoms with E-state index in [2.05, 4.69) is 20.8 Å². The SMILES string of the molecule is CCCCCCCCCCCCCCCCCCCCC[N+](CCCCCCCCCCCCCCCCCCCCC)(CCCCCCCCCCCCCCCCCCCCC)CCCS(=O)(=O)[O-]. The van der Waals surface area contributed by atoms with Crippen molar-refractivity contribution in [1.29, 1.82) is 0 Å². The van der Waals surface area contributed by atoms with E-state index in [9.17, 15) is 13.0 Å². The first-order valence-electron chi connectivity index (χ1n) is 33.7. The Kier molecular flexibility index (Phi) is 59.0. The van der Waals surface area contributed by atoms with E-state index in [0.717, 1.165) is 11.0 Å². The highest BCUT2D eigenvalue weighted by atomic mass is 32.2. The van der Waals surface area contributed by atoms with E-state index < -0.39 is 10.1 Å². The van der Waals surface area contributed by atoms with Gasteiger partial charge in [-0.3, -0.25) is 0 Å². The zero-order chi connectivity index (χ0) is 51.5. The molecular formula is C66H135NO3S. The van der Waals surface area contributed by atoms with Crippen LogP contribution in [-0.4, -0.2) is 49.4 Å². The van der Waals surface area contributed by atoms with Gasteiger partial charge in [-0.2, -0.15) is 0 Å². The summed E-state index contributed by atoms with van der Waals surface area (Å²) in [5.41, 5.74) is 0. The van der Waals surface area contributed by atoms with Crippen molar-refractivity contribution in [3.63, 3.8) is 0 Å². The second-order valence-corrected chi connectivity index (χ2v) is 25.5. The van der Waals surface area contributed by atoms with Crippen molar-refractivity contribution < 1.29 is 17.5 Å². The predicted molar refractivity (Wildman–Crippen MR) is 319 cm³/mol. The second kappa shape index (κ2) is 59.1. The first-order chi connectivity index (χ1) is 34.9. The van der Waals surface area contributed by atoms with E-state index in [-0.39, 0.29) is 5.75 Å². The molecule has 0 heterocycles. The Balaban J connectivity index is 4.63. The van der Waals surface area contributed by atoms with E-state index in [1.165, 1.54) is 386 Å². The van der Waals surface area contributed by atoms with Crippen molar-refractivity contribution in [2.45, 2.75) is 393 Å².